The highest BCUT2D eigenvalue weighted by molar-refractivity contribution is 5.78. The van der Waals surface area contributed by atoms with Crippen LogP contribution in [0.2, 0.25) is 0 Å². The molecule has 3 rings (SSSR count). The zero-order chi connectivity index (χ0) is 15.5. The third-order valence-corrected chi connectivity index (χ3v) is 4.56. The summed E-state index contributed by atoms with van der Waals surface area (Å²) in [7, 11) is 0. The summed E-state index contributed by atoms with van der Waals surface area (Å²) in [6.07, 6.45) is 15.7. The number of ether oxygens (including phenoxy) is 2. The van der Waals surface area contributed by atoms with E-state index in [1.165, 1.54) is 0 Å². The molecular weight excluding hydrogens is 276 g/mol. The third-order valence-electron chi connectivity index (χ3n) is 4.56. The average molecular weight is 298 g/mol. The summed E-state index contributed by atoms with van der Waals surface area (Å²) in [4.78, 5) is 12.4. The number of carbonyl (C=O) groups is 1. The molecule has 2 fully saturated rings. The van der Waals surface area contributed by atoms with Crippen molar-refractivity contribution in [3.8, 4) is 0 Å². The van der Waals surface area contributed by atoms with E-state index >= 15 is 0 Å². The maximum atomic E-state index is 12.4. The molecule has 2 saturated heterocycles. The van der Waals surface area contributed by atoms with Crippen molar-refractivity contribution in [3.05, 3.63) is 60.3 Å². The van der Waals surface area contributed by atoms with Gasteiger partial charge in [-0.3, -0.25) is 4.79 Å². The fourth-order valence-electron chi connectivity index (χ4n) is 3.46. The molecule has 116 valence electrons. The zero-order valence-electron chi connectivity index (χ0n) is 12.9. The minimum atomic E-state index is -0.246. The van der Waals surface area contributed by atoms with Crippen LogP contribution in [0.3, 0.4) is 0 Å². The van der Waals surface area contributed by atoms with Crippen molar-refractivity contribution in [2.24, 2.45) is 11.8 Å². The molecule has 4 unspecified atom stereocenters. The van der Waals surface area contributed by atoms with E-state index in [1.807, 2.05) is 25.2 Å². The molecule has 0 N–H and O–H groups in total. The van der Waals surface area contributed by atoms with Crippen molar-refractivity contribution in [2.45, 2.75) is 32.0 Å². The van der Waals surface area contributed by atoms with Gasteiger partial charge in [-0.1, -0.05) is 49.1 Å². The van der Waals surface area contributed by atoms with Crippen molar-refractivity contribution >= 4 is 5.97 Å². The Hall–Kier alpha value is -1.87. The minimum Gasteiger partial charge on any atom is -0.457 e. The lowest BCUT2D eigenvalue weighted by molar-refractivity contribution is -0.145. The first-order chi connectivity index (χ1) is 10.8. The summed E-state index contributed by atoms with van der Waals surface area (Å²) in [6.45, 7) is 6.36. The number of cyclic esters (lactones) is 1. The molecule has 3 aliphatic rings. The molecule has 0 spiro atoms. The third kappa shape index (κ3) is 2.61. The predicted octanol–water partition coefficient (Wildman–Crippen LogP) is 3.51. The quantitative estimate of drug-likeness (QED) is 0.588. The Balaban J connectivity index is 1.84. The van der Waals surface area contributed by atoms with Crippen LogP contribution in [0.4, 0.5) is 0 Å². The van der Waals surface area contributed by atoms with Crippen molar-refractivity contribution in [1.82, 2.24) is 0 Å². The van der Waals surface area contributed by atoms with Gasteiger partial charge >= 0.3 is 5.97 Å². The van der Waals surface area contributed by atoms with Crippen LogP contribution in [0.25, 0.3) is 0 Å². The standard InChI is InChI=1S/C19H22O3/c1-3-5-9-13(4-2)18-16-15(12-21-18)17(22-19(16)20)14-10-7-6-8-11-14/h3-5,7,9-11,15-18H,2,6,8,12H2,1H3/b5-3-,13-9+. The van der Waals surface area contributed by atoms with Gasteiger partial charge in [-0.2, -0.15) is 0 Å². The van der Waals surface area contributed by atoms with Crippen molar-refractivity contribution < 1.29 is 14.3 Å². The molecule has 0 aromatic carbocycles. The van der Waals surface area contributed by atoms with Crippen LogP contribution in [-0.4, -0.2) is 24.8 Å². The molecule has 2 aliphatic heterocycles. The Bertz CT molecular complexity index is 579. The lowest BCUT2D eigenvalue weighted by Gasteiger charge is -2.18. The van der Waals surface area contributed by atoms with Gasteiger partial charge in [0.05, 0.1) is 18.6 Å². The van der Waals surface area contributed by atoms with E-state index in [9.17, 15) is 4.79 Å². The minimum absolute atomic E-state index is 0.0976. The van der Waals surface area contributed by atoms with Gasteiger partial charge < -0.3 is 9.47 Å². The summed E-state index contributed by atoms with van der Waals surface area (Å²) < 4.78 is 11.6. The molecule has 1 aliphatic carbocycles. The number of carbonyl (C=O) groups excluding carboxylic acids is 1. The van der Waals surface area contributed by atoms with Crippen LogP contribution >= 0.6 is 0 Å². The molecule has 22 heavy (non-hydrogen) atoms. The second kappa shape index (κ2) is 6.49. The Kier molecular flexibility index (Phi) is 4.44. The molecule has 0 bridgehead atoms. The fraction of sp³-hybridized carbons (Fsp3) is 0.421. The average Bonchev–Trinajstić information content (AvgIpc) is 3.11. The predicted molar refractivity (Wildman–Crippen MR) is 86.2 cm³/mol. The van der Waals surface area contributed by atoms with Gasteiger partial charge in [-0.25, -0.2) is 0 Å². The van der Waals surface area contributed by atoms with Crippen LogP contribution in [0.1, 0.15) is 19.8 Å². The molecule has 3 nitrogen and oxygen atoms in total. The lowest BCUT2D eigenvalue weighted by atomic mass is 9.83. The van der Waals surface area contributed by atoms with Gasteiger partial charge in [0.1, 0.15) is 6.10 Å². The molecule has 2 heterocycles. The first-order valence-corrected chi connectivity index (χ1v) is 7.90. The van der Waals surface area contributed by atoms with E-state index in [-0.39, 0.29) is 30.0 Å². The highest BCUT2D eigenvalue weighted by Crippen LogP contribution is 2.43. The summed E-state index contributed by atoms with van der Waals surface area (Å²) >= 11 is 0. The number of hydrogen-bond donors (Lipinski definition) is 0. The van der Waals surface area contributed by atoms with E-state index in [4.69, 9.17) is 9.47 Å². The number of fused-ring (bicyclic) bond motifs is 1. The van der Waals surface area contributed by atoms with E-state index in [1.54, 1.807) is 6.08 Å². The van der Waals surface area contributed by atoms with Crippen LogP contribution in [0.5, 0.6) is 0 Å². The van der Waals surface area contributed by atoms with Gasteiger partial charge in [0.2, 0.25) is 0 Å². The summed E-state index contributed by atoms with van der Waals surface area (Å²) in [6, 6.07) is 0. The first kappa shape index (κ1) is 15.0. The van der Waals surface area contributed by atoms with Gasteiger partial charge in [-0.15, -0.1) is 0 Å². The molecule has 0 aromatic heterocycles. The fourth-order valence-corrected chi connectivity index (χ4v) is 3.46. The van der Waals surface area contributed by atoms with Crippen molar-refractivity contribution in [1.29, 1.82) is 0 Å². The van der Waals surface area contributed by atoms with E-state index < -0.39 is 0 Å². The monoisotopic (exact) mass is 298 g/mol. The van der Waals surface area contributed by atoms with Crippen molar-refractivity contribution in [2.75, 3.05) is 6.61 Å². The highest BCUT2D eigenvalue weighted by Gasteiger charge is 2.54. The number of hydrogen-bond acceptors (Lipinski definition) is 3. The van der Waals surface area contributed by atoms with Crippen LogP contribution in [-0.2, 0) is 14.3 Å². The summed E-state index contributed by atoms with van der Waals surface area (Å²) in [5.74, 6) is -0.276. The lowest BCUT2D eigenvalue weighted by Crippen LogP contribution is -2.25. The Morgan fingerprint density at radius 2 is 2.27 bits per heavy atom. The van der Waals surface area contributed by atoms with Crippen LogP contribution in [0.15, 0.2) is 60.3 Å². The Labute approximate surface area is 131 Å². The number of allylic oxidation sites excluding steroid dienone is 5. The molecule has 0 aromatic rings. The van der Waals surface area contributed by atoms with Crippen LogP contribution < -0.4 is 0 Å². The summed E-state index contributed by atoms with van der Waals surface area (Å²) in [5.41, 5.74) is 2.06. The molecule has 4 atom stereocenters. The first-order valence-electron chi connectivity index (χ1n) is 7.90. The highest BCUT2D eigenvalue weighted by atomic mass is 16.6. The second-order valence-corrected chi connectivity index (χ2v) is 5.88. The molecule has 3 heteroatoms. The molecule has 0 amide bonds. The van der Waals surface area contributed by atoms with E-state index in [0.717, 1.165) is 24.0 Å². The smallest absolute Gasteiger partial charge is 0.313 e. The largest absolute Gasteiger partial charge is 0.457 e. The van der Waals surface area contributed by atoms with Gasteiger partial charge in [-0.05, 0) is 30.9 Å². The maximum absolute atomic E-state index is 12.4. The van der Waals surface area contributed by atoms with Crippen LogP contribution in [0, 0.1) is 11.8 Å². The SMILES string of the molecule is C=C/C(=C\C=C/C)C1OCC2C(C3=CCCC=C3)OC(=O)C12. The zero-order valence-corrected chi connectivity index (χ0v) is 12.9. The van der Waals surface area contributed by atoms with Gasteiger partial charge in [0.15, 0.2) is 0 Å². The normalized spacial score (nSPS) is 34.7. The molecule has 0 saturated carbocycles. The Morgan fingerprint density at radius 3 is 2.95 bits per heavy atom. The molecular formula is C19H22O3. The number of rotatable bonds is 4. The van der Waals surface area contributed by atoms with Gasteiger partial charge in [0.25, 0.3) is 0 Å². The summed E-state index contributed by atoms with van der Waals surface area (Å²) in [5, 5.41) is 0. The van der Waals surface area contributed by atoms with Gasteiger partial charge in [0, 0.05) is 5.92 Å². The molecule has 0 radical (unpaired) electrons. The Morgan fingerprint density at radius 1 is 1.41 bits per heavy atom. The maximum Gasteiger partial charge on any atom is 0.313 e. The second-order valence-electron chi connectivity index (χ2n) is 5.88. The van der Waals surface area contributed by atoms with E-state index in [2.05, 4.69) is 24.8 Å². The van der Waals surface area contributed by atoms with Crippen molar-refractivity contribution in [3.63, 3.8) is 0 Å². The topological polar surface area (TPSA) is 35.5 Å². The number of esters is 1. The van der Waals surface area contributed by atoms with E-state index in [0.29, 0.717) is 6.61 Å².